The van der Waals surface area contributed by atoms with Crippen molar-refractivity contribution in [2.24, 2.45) is 4.99 Å². The van der Waals surface area contributed by atoms with Crippen LogP contribution in [-0.4, -0.2) is 33.1 Å². The van der Waals surface area contributed by atoms with Crippen molar-refractivity contribution in [2.75, 3.05) is 21.3 Å². The van der Waals surface area contributed by atoms with Crippen molar-refractivity contribution in [3.8, 4) is 29.1 Å². The van der Waals surface area contributed by atoms with E-state index in [9.17, 15) is 0 Å². The fourth-order valence-corrected chi connectivity index (χ4v) is 2.33. The van der Waals surface area contributed by atoms with E-state index in [0.717, 1.165) is 11.1 Å². The number of hydrogen-bond donors (Lipinski definition) is 0. The van der Waals surface area contributed by atoms with E-state index in [-0.39, 0.29) is 5.54 Å². The zero-order valence-corrected chi connectivity index (χ0v) is 16.2. The SMILES string of the molecule is COc1cc(C=NC(C)(C)C)c(C#Cc2ccccc2)c(OC)c1OC. The van der Waals surface area contributed by atoms with Crippen molar-refractivity contribution in [2.45, 2.75) is 26.3 Å². The van der Waals surface area contributed by atoms with Gasteiger partial charge in [0.1, 0.15) is 0 Å². The summed E-state index contributed by atoms with van der Waals surface area (Å²) in [4.78, 5) is 4.60. The van der Waals surface area contributed by atoms with Gasteiger partial charge in [-0.1, -0.05) is 30.0 Å². The van der Waals surface area contributed by atoms with Crippen LogP contribution in [0.1, 0.15) is 37.5 Å². The topological polar surface area (TPSA) is 40.0 Å². The van der Waals surface area contributed by atoms with Crippen LogP contribution >= 0.6 is 0 Å². The largest absolute Gasteiger partial charge is 0.493 e. The Morgan fingerprint density at radius 1 is 0.885 bits per heavy atom. The van der Waals surface area contributed by atoms with Gasteiger partial charge in [-0.05, 0) is 39.0 Å². The van der Waals surface area contributed by atoms with E-state index >= 15 is 0 Å². The standard InChI is InChI=1S/C22H25NO3/c1-22(2,3)23-15-17-14-19(24-4)21(26-6)20(25-5)18(17)13-12-16-10-8-7-9-11-16/h7-11,14-15H,1-6H3. The molecule has 0 unspecified atom stereocenters. The molecule has 0 spiro atoms. The minimum Gasteiger partial charge on any atom is -0.493 e. The first-order valence-electron chi connectivity index (χ1n) is 8.35. The van der Waals surface area contributed by atoms with Gasteiger partial charge in [-0.15, -0.1) is 0 Å². The Balaban J connectivity index is 2.69. The van der Waals surface area contributed by atoms with Crippen molar-refractivity contribution in [1.29, 1.82) is 0 Å². The Hall–Kier alpha value is -2.93. The molecule has 0 aliphatic rings. The zero-order valence-electron chi connectivity index (χ0n) is 16.2. The Morgan fingerprint density at radius 3 is 2.08 bits per heavy atom. The summed E-state index contributed by atoms with van der Waals surface area (Å²) < 4.78 is 16.5. The van der Waals surface area contributed by atoms with Gasteiger partial charge in [-0.3, -0.25) is 4.99 Å². The predicted molar refractivity (Wildman–Crippen MR) is 106 cm³/mol. The highest BCUT2D eigenvalue weighted by atomic mass is 16.5. The summed E-state index contributed by atoms with van der Waals surface area (Å²) in [6.07, 6.45) is 1.81. The first kappa shape index (κ1) is 19.4. The van der Waals surface area contributed by atoms with Gasteiger partial charge >= 0.3 is 0 Å². The lowest BCUT2D eigenvalue weighted by molar-refractivity contribution is 0.324. The number of hydrogen-bond acceptors (Lipinski definition) is 4. The Bertz CT molecular complexity index is 838. The molecule has 0 saturated carbocycles. The second-order valence-corrected chi connectivity index (χ2v) is 6.65. The van der Waals surface area contributed by atoms with E-state index in [1.54, 1.807) is 27.5 Å². The second-order valence-electron chi connectivity index (χ2n) is 6.65. The Kier molecular flexibility index (Phi) is 6.30. The smallest absolute Gasteiger partial charge is 0.204 e. The van der Waals surface area contributed by atoms with Gasteiger partial charge in [-0.25, -0.2) is 0 Å². The van der Waals surface area contributed by atoms with E-state index in [2.05, 4.69) is 16.8 Å². The molecule has 4 heteroatoms. The summed E-state index contributed by atoms with van der Waals surface area (Å²) in [6, 6.07) is 11.7. The maximum absolute atomic E-state index is 5.60. The van der Waals surface area contributed by atoms with Gasteiger partial charge in [0.25, 0.3) is 0 Å². The minimum absolute atomic E-state index is 0.204. The summed E-state index contributed by atoms with van der Waals surface area (Å²) >= 11 is 0. The molecule has 4 nitrogen and oxygen atoms in total. The lowest BCUT2D eigenvalue weighted by atomic mass is 10.0. The average Bonchev–Trinajstić information content (AvgIpc) is 2.63. The number of benzene rings is 2. The number of rotatable bonds is 4. The molecule has 2 aromatic rings. The van der Waals surface area contributed by atoms with Gasteiger partial charge in [0, 0.05) is 17.3 Å². The van der Waals surface area contributed by atoms with Crippen LogP contribution in [0.2, 0.25) is 0 Å². The highest BCUT2D eigenvalue weighted by Gasteiger charge is 2.19. The van der Waals surface area contributed by atoms with Crippen molar-refractivity contribution in [3.63, 3.8) is 0 Å². The second kappa shape index (κ2) is 8.44. The van der Waals surface area contributed by atoms with Gasteiger partial charge in [0.15, 0.2) is 11.5 Å². The first-order valence-corrected chi connectivity index (χ1v) is 8.35. The van der Waals surface area contributed by atoms with Gasteiger partial charge < -0.3 is 14.2 Å². The third-order valence-electron chi connectivity index (χ3n) is 3.56. The molecular weight excluding hydrogens is 326 g/mol. The molecule has 0 saturated heterocycles. The zero-order chi connectivity index (χ0) is 19.2. The molecule has 0 fully saturated rings. The summed E-state index contributed by atoms with van der Waals surface area (Å²) in [5, 5.41) is 0. The van der Waals surface area contributed by atoms with Gasteiger partial charge in [0.05, 0.1) is 32.4 Å². The molecule has 2 rings (SSSR count). The van der Waals surface area contributed by atoms with Crippen LogP contribution in [0.15, 0.2) is 41.4 Å². The lowest BCUT2D eigenvalue weighted by Gasteiger charge is -2.16. The monoisotopic (exact) mass is 351 g/mol. The van der Waals surface area contributed by atoms with E-state index in [1.807, 2.05) is 57.2 Å². The van der Waals surface area contributed by atoms with E-state index < -0.39 is 0 Å². The van der Waals surface area contributed by atoms with Crippen molar-refractivity contribution in [3.05, 3.63) is 53.1 Å². The number of aliphatic imine (C=N–C) groups is 1. The molecule has 0 aromatic heterocycles. The van der Waals surface area contributed by atoms with Crippen LogP contribution < -0.4 is 14.2 Å². The van der Waals surface area contributed by atoms with Crippen LogP contribution in [-0.2, 0) is 0 Å². The highest BCUT2D eigenvalue weighted by Crippen LogP contribution is 2.41. The van der Waals surface area contributed by atoms with Gasteiger partial charge in [-0.2, -0.15) is 0 Å². The molecule has 136 valence electrons. The number of methoxy groups -OCH3 is 3. The Labute approximate surface area is 155 Å². The average molecular weight is 351 g/mol. The van der Waals surface area contributed by atoms with E-state index in [1.165, 1.54) is 0 Å². The lowest BCUT2D eigenvalue weighted by Crippen LogP contribution is -2.10. The van der Waals surface area contributed by atoms with Crippen LogP contribution in [0.25, 0.3) is 0 Å². The van der Waals surface area contributed by atoms with Crippen molar-refractivity contribution in [1.82, 2.24) is 0 Å². The fraction of sp³-hybridized carbons (Fsp3) is 0.318. The van der Waals surface area contributed by atoms with Crippen LogP contribution in [0.4, 0.5) is 0 Å². The van der Waals surface area contributed by atoms with Gasteiger partial charge in [0.2, 0.25) is 5.75 Å². The summed E-state index contributed by atoms with van der Waals surface area (Å²) in [6.45, 7) is 6.12. The third-order valence-corrected chi connectivity index (χ3v) is 3.56. The predicted octanol–water partition coefficient (Wildman–Crippen LogP) is 4.33. The number of ether oxygens (including phenoxy) is 3. The minimum atomic E-state index is -0.204. The molecule has 2 aromatic carbocycles. The molecule has 0 amide bonds. The Morgan fingerprint density at radius 2 is 1.54 bits per heavy atom. The molecule has 0 heterocycles. The molecule has 0 N–H and O–H groups in total. The normalized spacial score (nSPS) is 11.0. The fourth-order valence-electron chi connectivity index (χ4n) is 2.33. The molecule has 0 atom stereocenters. The van der Waals surface area contributed by atoms with Crippen molar-refractivity contribution >= 4 is 6.21 Å². The quantitative estimate of drug-likeness (QED) is 0.608. The first-order chi connectivity index (χ1) is 12.4. The molecule has 0 radical (unpaired) electrons. The molecule has 0 aliphatic heterocycles. The molecule has 0 aliphatic carbocycles. The molecule has 0 bridgehead atoms. The van der Waals surface area contributed by atoms with Crippen LogP contribution in [0.5, 0.6) is 17.2 Å². The summed E-state index contributed by atoms with van der Waals surface area (Å²) in [7, 11) is 4.77. The van der Waals surface area contributed by atoms with E-state index in [0.29, 0.717) is 22.8 Å². The molecular formula is C22H25NO3. The maximum atomic E-state index is 5.60. The summed E-state index contributed by atoms with van der Waals surface area (Å²) in [5.74, 6) is 8.00. The highest BCUT2D eigenvalue weighted by molar-refractivity contribution is 5.88. The van der Waals surface area contributed by atoms with Crippen molar-refractivity contribution < 1.29 is 14.2 Å². The maximum Gasteiger partial charge on any atom is 0.204 e. The molecule has 26 heavy (non-hydrogen) atoms. The van der Waals surface area contributed by atoms with Crippen LogP contribution in [0, 0.1) is 11.8 Å². The third kappa shape index (κ3) is 4.80. The van der Waals surface area contributed by atoms with E-state index in [4.69, 9.17) is 14.2 Å². The number of nitrogens with zero attached hydrogens (tertiary/aromatic N) is 1. The summed E-state index contributed by atoms with van der Waals surface area (Å²) in [5.41, 5.74) is 2.24. The van der Waals surface area contributed by atoms with Crippen LogP contribution in [0.3, 0.4) is 0 Å².